The van der Waals surface area contributed by atoms with Crippen LogP contribution in [0.1, 0.15) is 39.5 Å². The normalized spacial score (nSPS) is 24.2. The summed E-state index contributed by atoms with van der Waals surface area (Å²) in [5.41, 5.74) is 0.446. The molecule has 0 radical (unpaired) electrons. The van der Waals surface area contributed by atoms with Gasteiger partial charge in [-0.15, -0.1) is 0 Å². The Morgan fingerprint density at radius 1 is 1.24 bits per heavy atom. The predicted octanol–water partition coefficient (Wildman–Crippen LogP) is 1.97. The molecule has 100 valence electrons. The lowest BCUT2D eigenvalue weighted by molar-refractivity contribution is -0.107. The number of rotatable bonds is 6. The summed E-state index contributed by atoms with van der Waals surface area (Å²) < 4.78 is 5.68. The van der Waals surface area contributed by atoms with E-state index >= 15 is 0 Å². The second kappa shape index (κ2) is 6.17. The molecule has 2 fully saturated rings. The highest BCUT2D eigenvalue weighted by Crippen LogP contribution is 2.39. The third-order valence-electron chi connectivity index (χ3n) is 4.63. The molecule has 2 aliphatic rings. The first-order valence-corrected chi connectivity index (χ1v) is 7.36. The van der Waals surface area contributed by atoms with Crippen LogP contribution < -0.4 is 0 Å². The molecule has 0 N–H and O–H groups in total. The van der Waals surface area contributed by atoms with Gasteiger partial charge >= 0.3 is 0 Å². The zero-order chi connectivity index (χ0) is 12.1. The van der Waals surface area contributed by atoms with Crippen LogP contribution >= 0.6 is 0 Å². The van der Waals surface area contributed by atoms with Crippen LogP contribution in [-0.2, 0) is 4.74 Å². The van der Waals surface area contributed by atoms with Crippen LogP contribution in [0.5, 0.6) is 0 Å². The van der Waals surface area contributed by atoms with E-state index < -0.39 is 0 Å². The molecule has 3 heteroatoms. The Morgan fingerprint density at radius 3 is 2.59 bits per heavy atom. The molecule has 0 bridgehead atoms. The van der Waals surface area contributed by atoms with E-state index in [4.69, 9.17) is 4.74 Å². The van der Waals surface area contributed by atoms with Crippen LogP contribution in [0.3, 0.4) is 0 Å². The lowest BCUT2D eigenvalue weighted by atomic mass is 9.75. The van der Waals surface area contributed by atoms with Crippen LogP contribution in [0.2, 0.25) is 0 Å². The van der Waals surface area contributed by atoms with Gasteiger partial charge in [-0.05, 0) is 45.3 Å². The fraction of sp³-hybridized carbons (Fsp3) is 1.00. The van der Waals surface area contributed by atoms with Crippen LogP contribution in [0.25, 0.3) is 0 Å². The van der Waals surface area contributed by atoms with E-state index in [-0.39, 0.29) is 0 Å². The minimum Gasteiger partial charge on any atom is -0.378 e. The van der Waals surface area contributed by atoms with Crippen molar-refractivity contribution < 1.29 is 4.74 Å². The number of morpholine rings is 1. The molecule has 1 saturated heterocycles. The van der Waals surface area contributed by atoms with Crippen molar-refractivity contribution in [3.8, 4) is 0 Å². The average Bonchev–Trinajstić information content (AvgIpc) is 2.33. The zero-order valence-corrected chi connectivity index (χ0v) is 11.6. The second-order valence-corrected chi connectivity index (χ2v) is 5.50. The lowest BCUT2D eigenvalue weighted by Crippen LogP contribution is -2.61. The number of ether oxygens (including phenoxy) is 1. The lowest BCUT2D eigenvalue weighted by Gasteiger charge is -2.53. The first-order valence-electron chi connectivity index (χ1n) is 7.36. The van der Waals surface area contributed by atoms with Gasteiger partial charge < -0.3 is 9.64 Å². The molecule has 0 amide bonds. The van der Waals surface area contributed by atoms with Crippen molar-refractivity contribution in [2.45, 2.75) is 45.1 Å². The van der Waals surface area contributed by atoms with Crippen molar-refractivity contribution in [1.29, 1.82) is 0 Å². The minimum atomic E-state index is 0.446. The van der Waals surface area contributed by atoms with E-state index in [9.17, 15) is 0 Å². The van der Waals surface area contributed by atoms with Gasteiger partial charge in [0.15, 0.2) is 0 Å². The van der Waals surface area contributed by atoms with E-state index in [0.717, 1.165) is 19.8 Å². The quantitative estimate of drug-likeness (QED) is 0.706. The summed E-state index contributed by atoms with van der Waals surface area (Å²) in [5, 5.41) is 0. The molecule has 1 aliphatic carbocycles. The summed E-state index contributed by atoms with van der Waals surface area (Å²) in [4.78, 5) is 5.23. The molecule has 1 saturated carbocycles. The summed E-state index contributed by atoms with van der Waals surface area (Å²) in [6, 6.07) is 0. The molecule has 2 rings (SSSR count). The fourth-order valence-corrected chi connectivity index (χ4v) is 3.18. The summed E-state index contributed by atoms with van der Waals surface area (Å²) in [6.07, 6.45) is 5.43. The molecular weight excluding hydrogens is 212 g/mol. The topological polar surface area (TPSA) is 15.7 Å². The van der Waals surface area contributed by atoms with Gasteiger partial charge in [-0.25, -0.2) is 0 Å². The smallest absolute Gasteiger partial charge is 0.0651 e. The first-order chi connectivity index (χ1) is 8.30. The number of hydrogen-bond acceptors (Lipinski definition) is 3. The first kappa shape index (κ1) is 13.3. The Labute approximate surface area is 106 Å². The van der Waals surface area contributed by atoms with E-state index in [2.05, 4.69) is 23.6 Å². The van der Waals surface area contributed by atoms with Crippen LogP contribution in [0.4, 0.5) is 0 Å². The zero-order valence-electron chi connectivity index (χ0n) is 11.6. The Morgan fingerprint density at radius 2 is 2.00 bits per heavy atom. The van der Waals surface area contributed by atoms with Crippen molar-refractivity contribution >= 4 is 0 Å². The maximum atomic E-state index is 5.68. The SMILES string of the molecule is CCN(CC)CCCN1CCOCC12CCC2. The van der Waals surface area contributed by atoms with Gasteiger partial charge in [-0.3, -0.25) is 4.90 Å². The molecule has 0 aromatic heterocycles. The molecule has 0 atom stereocenters. The van der Waals surface area contributed by atoms with Crippen molar-refractivity contribution in [3.63, 3.8) is 0 Å². The molecular formula is C14H28N2O. The van der Waals surface area contributed by atoms with Gasteiger partial charge in [0.25, 0.3) is 0 Å². The summed E-state index contributed by atoms with van der Waals surface area (Å²) in [7, 11) is 0. The summed E-state index contributed by atoms with van der Waals surface area (Å²) in [5.74, 6) is 0. The van der Waals surface area contributed by atoms with Crippen LogP contribution in [0, 0.1) is 0 Å². The molecule has 0 aromatic rings. The Balaban J connectivity index is 1.73. The average molecular weight is 240 g/mol. The molecule has 0 aromatic carbocycles. The largest absolute Gasteiger partial charge is 0.378 e. The van der Waals surface area contributed by atoms with E-state index in [1.54, 1.807) is 0 Å². The maximum absolute atomic E-state index is 5.68. The van der Waals surface area contributed by atoms with Crippen molar-refractivity contribution in [2.75, 3.05) is 45.9 Å². The summed E-state index contributed by atoms with van der Waals surface area (Å²) >= 11 is 0. The second-order valence-electron chi connectivity index (χ2n) is 5.50. The van der Waals surface area contributed by atoms with Gasteiger partial charge in [0.2, 0.25) is 0 Å². The standard InChI is InChI=1S/C14H28N2O/c1-3-15(4-2)9-6-10-16-11-12-17-13-14(16)7-5-8-14/h3-13H2,1-2H3. The van der Waals surface area contributed by atoms with Gasteiger partial charge in [0.05, 0.1) is 13.2 Å². The van der Waals surface area contributed by atoms with Gasteiger partial charge in [0, 0.05) is 18.6 Å². The third kappa shape index (κ3) is 3.01. The molecule has 1 aliphatic heterocycles. The highest BCUT2D eigenvalue weighted by Gasteiger charge is 2.44. The Kier molecular flexibility index (Phi) is 4.83. The van der Waals surface area contributed by atoms with Gasteiger partial charge in [0.1, 0.15) is 0 Å². The van der Waals surface area contributed by atoms with Crippen LogP contribution in [-0.4, -0.2) is 61.3 Å². The monoisotopic (exact) mass is 240 g/mol. The molecule has 17 heavy (non-hydrogen) atoms. The van der Waals surface area contributed by atoms with Gasteiger partial charge in [-0.2, -0.15) is 0 Å². The van der Waals surface area contributed by atoms with Crippen molar-refractivity contribution in [2.24, 2.45) is 0 Å². The maximum Gasteiger partial charge on any atom is 0.0651 e. The minimum absolute atomic E-state index is 0.446. The Hall–Kier alpha value is -0.120. The number of nitrogens with zero attached hydrogens (tertiary/aromatic N) is 2. The molecule has 1 heterocycles. The van der Waals surface area contributed by atoms with E-state index in [1.165, 1.54) is 51.9 Å². The number of hydrogen-bond donors (Lipinski definition) is 0. The van der Waals surface area contributed by atoms with Crippen LogP contribution in [0.15, 0.2) is 0 Å². The molecule has 0 unspecified atom stereocenters. The van der Waals surface area contributed by atoms with E-state index in [0.29, 0.717) is 5.54 Å². The molecule has 1 spiro atoms. The highest BCUT2D eigenvalue weighted by molar-refractivity contribution is 4.99. The van der Waals surface area contributed by atoms with Crippen molar-refractivity contribution in [3.05, 3.63) is 0 Å². The Bertz CT molecular complexity index is 224. The van der Waals surface area contributed by atoms with Crippen molar-refractivity contribution in [1.82, 2.24) is 9.80 Å². The fourth-order valence-electron chi connectivity index (χ4n) is 3.18. The van der Waals surface area contributed by atoms with Gasteiger partial charge in [-0.1, -0.05) is 13.8 Å². The third-order valence-corrected chi connectivity index (χ3v) is 4.63. The highest BCUT2D eigenvalue weighted by atomic mass is 16.5. The van der Waals surface area contributed by atoms with E-state index in [1.807, 2.05) is 0 Å². The molecule has 3 nitrogen and oxygen atoms in total. The summed E-state index contributed by atoms with van der Waals surface area (Å²) in [6.45, 7) is 12.5. The predicted molar refractivity (Wildman–Crippen MR) is 71.4 cm³/mol.